The topological polar surface area (TPSA) is 22.3 Å². The highest BCUT2D eigenvalue weighted by Crippen LogP contribution is 2.24. The molecule has 3 aromatic rings. The summed E-state index contributed by atoms with van der Waals surface area (Å²) in [5.74, 6) is 1.72. The Kier molecular flexibility index (Phi) is 3.25. The second-order valence-corrected chi connectivity index (χ2v) is 4.52. The van der Waals surface area contributed by atoms with Crippen molar-refractivity contribution in [2.24, 2.45) is 0 Å². The molecule has 3 nitrogen and oxygen atoms in total. The van der Waals surface area contributed by atoms with Gasteiger partial charge in [0.05, 0.1) is 25.7 Å². The molecular formula is C17H16NO2+. The van der Waals surface area contributed by atoms with Crippen LogP contribution in [0.2, 0.25) is 0 Å². The fraction of sp³-hybridized carbons (Fsp3) is 0.118. The lowest BCUT2D eigenvalue weighted by Crippen LogP contribution is -2.29. The van der Waals surface area contributed by atoms with Crippen molar-refractivity contribution in [2.45, 2.75) is 0 Å². The molecular weight excluding hydrogens is 250 g/mol. The van der Waals surface area contributed by atoms with E-state index in [1.165, 1.54) is 0 Å². The number of ether oxygens (including phenoxy) is 2. The van der Waals surface area contributed by atoms with Crippen LogP contribution >= 0.6 is 0 Å². The first-order valence-corrected chi connectivity index (χ1v) is 6.44. The average molecular weight is 266 g/mol. The molecule has 1 heterocycles. The van der Waals surface area contributed by atoms with Gasteiger partial charge in [-0.05, 0) is 17.5 Å². The van der Waals surface area contributed by atoms with E-state index in [0.29, 0.717) is 0 Å². The Morgan fingerprint density at radius 3 is 2.55 bits per heavy atom. The molecule has 3 heteroatoms. The summed E-state index contributed by atoms with van der Waals surface area (Å²) < 4.78 is 12.8. The third-order valence-corrected chi connectivity index (χ3v) is 3.35. The third kappa shape index (κ3) is 2.18. The van der Waals surface area contributed by atoms with E-state index in [2.05, 4.69) is 22.9 Å². The van der Waals surface area contributed by atoms with Crippen LogP contribution in [0.15, 0.2) is 60.9 Å². The highest BCUT2D eigenvalue weighted by Gasteiger charge is 2.10. The van der Waals surface area contributed by atoms with E-state index >= 15 is 0 Å². The molecule has 0 aliphatic heterocycles. The molecule has 0 aliphatic rings. The molecule has 1 aromatic heterocycles. The smallest absolute Gasteiger partial charge is 0.214 e. The van der Waals surface area contributed by atoms with E-state index in [1.54, 1.807) is 14.2 Å². The fourth-order valence-electron chi connectivity index (χ4n) is 2.30. The maximum absolute atomic E-state index is 5.43. The van der Waals surface area contributed by atoms with E-state index in [0.717, 1.165) is 28.0 Å². The maximum atomic E-state index is 5.43. The molecule has 100 valence electrons. The minimum Gasteiger partial charge on any atom is -0.497 e. The summed E-state index contributed by atoms with van der Waals surface area (Å²) in [6, 6.07) is 16.1. The highest BCUT2D eigenvalue weighted by molar-refractivity contribution is 5.86. The molecule has 0 spiro atoms. The zero-order chi connectivity index (χ0) is 13.9. The van der Waals surface area contributed by atoms with Crippen LogP contribution in [0.5, 0.6) is 11.5 Å². The van der Waals surface area contributed by atoms with E-state index < -0.39 is 0 Å². The number of pyridine rings is 1. The van der Waals surface area contributed by atoms with Crippen LogP contribution < -0.4 is 14.0 Å². The van der Waals surface area contributed by atoms with Crippen molar-refractivity contribution < 1.29 is 14.0 Å². The Balaban J connectivity index is 2.16. The monoisotopic (exact) mass is 266 g/mol. The summed E-state index contributed by atoms with van der Waals surface area (Å²) in [6.45, 7) is 0. The number of benzene rings is 2. The van der Waals surface area contributed by atoms with Crippen molar-refractivity contribution in [3.63, 3.8) is 0 Å². The zero-order valence-electron chi connectivity index (χ0n) is 11.5. The lowest BCUT2D eigenvalue weighted by Gasteiger charge is -2.05. The number of hydrogen-bond acceptors (Lipinski definition) is 2. The first-order chi connectivity index (χ1) is 9.81. The van der Waals surface area contributed by atoms with Gasteiger partial charge < -0.3 is 9.47 Å². The maximum Gasteiger partial charge on any atom is 0.214 e. The normalized spacial score (nSPS) is 10.5. The molecule has 0 bridgehead atoms. The van der Waals surface area contributed by atoms with Crippen LogP contribution in [0.1, 0.15) is 0 Å². The molecule has 0 atom stereocenters. The van der Waals surface area contributed by atoms with Gasteiger partial charge in [-0.2, -0.15) is 4.57 Å². The van der Waals surface area contributed by atoms with E-state index in [-0.39, 0.29) is 0 Å². The van der Waals surface area contributed by atoms with Crippen molar-refractivity contribution in [1.29, 1.82) is 0 Å². The molecule has 0 aliphatic carbocycles. The summed E-state index contributed by atoms with van der Waals surface area (Å²) in [4.78, 5) is 0. The zero-order valence-corrected chi connectivity index (χ0v) is 11.5. The number of aromatic nitrogens is 1. The first kappa shape index (κ1) is 12.5. The molecule has 0 radical (unpaired) electrons. The van der Waals surface area contributed by atoms with Gasteiger partial charge in [0.15, 0.2) is 12.4 Å². The second kappa shape index (κ2) is 5.21. The van der Waals surface area contributed by atoms with Gasteiger partial charge in [-0.1, -0.05) is 18.2 Å². The van der Waals surface area contributed by atoms with Gasteiger partial charge in [0, 0.05) is 12.1 Å². The Hall–Kier alpha value is -2.55. The van der Waals surface area contributed by atoms with Crippen LogP contribution in [0.25, 0.3) is 16.5 Å². The van der Waals surface area contributed by atoms with E-state index in [9.17, 15) is 0 Å². The standard InChI is InChI=1S/C17H16NO2/c1-19-15-7-4-6-14(11-15)18-10-9-13-5-3-8-17(20-2)16(13)12-18/h3-12H,1-2H3/q+1. The molecule has 0 saturated carbocycles. The minimum absolute atomic E-state index is 0.843. The van der Waals surface area contributed by atoms with Crippen molar-refractivity contribution in [2.75, 3.05) is 14.2 Å². The van der Waals surface area contributed by atoms with Crippen molar-refractivity contribution in [1.82, 2.24) is 0 Å². The molecule has 0 N–H and O–H groups in total. The van der Waals surface area contributed by atoms with Crippen molar-refractivity contribution in [3.05, 3.63) is 60.9 Å². The number of methoxy groups -OCH3 is 2. The lowest BCUT2D eigenvalue weighted by atomic mass is 10.1. The predicted molar refractivity (Wildman–Crippen MR) is 78.6 cm³/mol. The van der Waals surface area contributed by atoms with E-state index in [1.807, 2.05) is 42.6 Å². The van der Waals surface area contributed by atoms with Crippen LogP contribution in [0.3, 0.4) is 0 Å². The predicted octanol–water partition coefficient (Wildman–Crippen LogP) is 3.13. The third-order valence-electron chi connectivity index (χ3n) is 3.35. The largest absolute Gasteiger partial charge is 0.497 e. The van der Waals surface area contributed by atoms with Gasteiger partial charge in [0.25, 0.3) is 0 Å². The minimum atomic E-state index is 0.843. The highest BCUT2D eigenvalue weighted by atomic mass is 16.5. The molecule has 2 aromatic carbocycles. The summed E-state index contributed by atoms with van der Waals surface area (Å²) in [5, 5.41) is 2.24. The number of rotatable bonds is 3. The number of fused-ring (bicyclic) bond motifs is 1. The first-order valence-electron chi connectivity index (χ1n) is 6.44. The Labute approximate surface area is 118 Å². The van der Waals surface area contributed by atoms with E-state index in [4.69, 9.17) is 9.47 Å². The summed E-state index contributed by atoms with van der Waals surface area (Å²) >= 11 is 0. The van der Waals surface area contributed by atoms with Gasteiger partial charge >= 0.3 is 0 Å². The SMILES string of the molecule is COc1cccc(-[n+]2ccc3cccc(OC)c3c2)c1. The van der Waals surface area contributed by atoms with Crippen molar-refractivity contribution in [3.8, 4) is 17.2 Å². The molecule has 0 amide bonds. The lowest BCUT2D eigenvalue weighted by molar-refractivity contribution is -0.594. The molecule has 20 heavy (non-hydrogen) atoms. The average Bonchev–Trinajstić information content (AvgIpc) is 2.53. The fourth-order valence-corrected chi connectivity index (χ4v) is 2.30. The Bertz CT molecular complexity index is 753. The summed E-state index contributed by atoms with van der Waals surface area (Å²) in [5.41, 5.74) is 1.05. The summed E-state index contributed by atoms with van der Waals surface area (Å²) in [6.07, 6.45) is 4.11. The van der Waals surface area contributed by atoms with Gasteiger partial charge in [-0.15, -0.1) is 0 Å². The Morgan fingerprint density at radius 2 is 1.75 bits per heavy atom. The number of nitrogens with zero attached hydrogens (tertiary/aromatic N) is 1. The number of hydrogen-bond donors (Lipinski definition) is 0. The van der Waals surface area contributed by atoms with Gasteiger partial charge in [-0.3, -0.25) is 0 Å². The molecule has 0 saturated heterocycles. The van der Waals surface area contributed by atoms with Crippen LogP contribution in [-0.4, -0.2) is 14.2 Å². The van der Waals surface area contributed by atoms with Gasteiger partial charge in [0.2, 0.25) is 5.69 Å². The van der Waals surface area contributed by atoms with Gasteiger partial charge in [0.1, 0.15) is 11.5 Å². The summed E-state index contributed by atoms with van der Waals surface area (Å²) in [7, 11) is 3.37. The second-order valence-electron chi connectivity index (χ2n) is 4.52. The van der Waals surface area contributed by atoms with Crippen LogP contribution in [-0.2, 0) is 0 Å². The molecule has 3 rings (SSSR count). The van der Waals surface area contributed by atoms with Crippen molar-refractivity contribution >= 4 is 10.8 Å². The molecule has 0 fully saturated rings. The van der Waals surface area contributed by atoms with Crippen LogP contribution in [0, 0.1) is 0 Å². The van der Waals surface area contributed by atoms with Crippen LogP contribution in [0.4, 0.5) is 0 Å². The van der Waals surface area contributed by atoms with Gasteiger partial charge in [-0.25, -0.2) is 0 Å². The quantitative estimate of drug-likeness (QED) is 0.680. The Morgan fingerprint density at radius 1 is 0.900 bits per heavy atom. The molecule has 0 unspecified atom stereocenters.